The summed E-state index contributed by atoms with van der Waals surface area (Å²) in [6.45, 7) is 3.45. The third-order valence-corrected chi connectivity index (χ3v) is 9.33. The number of aromatic nitrogens is 5. The Kier molecular flexibility index (Phi) is 8.68. The normalized spacial score (nSPS) is 15.1. The topological polar surface area (TPSA) is 150 Å². The molecule has 264 valence electrons. The second-order valence-electron chi connectivity index (χ2n) is 11.5. The maximum Gasteiger partial charge on any atom is 0.310 e. The minimum atomic E-state index is -10.0. The van der Waals surface area contributed by atoms with Gasteiger partial charge in [0.2, 0.25) is 11.3 Å². The van der Waals surface area contributed by atoms with E-state index in [1.165, 1.54) is 28.9 Å². The highest BCUT2D eigenvalue weighted by molar-refractivity contribution is 8.45. The van der Waals surface area contributed by atoms with Gasteiger partial charge >= 0.3 is 10.2 Å². The number of pyridine rings is 1. The molecule has 0 saturated carbocycles. The quantitative estimate of drug-likeness (QED) is 0.234. The molecular weight excluding hydrogens is 701 g/mol. The van der Waals surface area contributed by atoms with E-state index in [4.69, 9.17) is 11.6 Å². The molecule has 1 saturated heterocycles. The van der Waals surface area contributed by atoms with Crippen molar-refractivity contribution in [2.75, 3.05) is 55.4 Å². The molecule has 1 aliphatic rings. The van der Waals surface area contributed by atoms with Gasteiger partial charge in [-0.05, 0) is 31.5 Å². The van der Waals surface area contributed by atoms with E-state index in [0.717, 1.165) is 0 Å². The van der Waals surface area contributed by atoms with E-state index in [2.05, 4.69) is 25.3 Å². The van der Waals surface area contributed by atoms with Crippen LogP contribution in [0.15, 0.2) is 40.4 Å². The monoisotopic (exact) mass is 731 g/mol. The SMILES string of the molecule is CCc1c(N2CCN(C(=O)c3ncnc(C)c3O)CC2)c(=O)c2nc(N(C)C)cnc2n1CC(=O)Nc1ccc(S(F)(F)(F)(F)F)cc1Cl. The molecule has 13 nitrogen and oxygen atoms in total. The Balaban J connectivity index is 1.50. The van der Waals surface area contributed by atoms with Crippen molar-refractivity contribution in [1.29, 1.82) is 0 Å². The predicted molar refractivity (Wildman–Crippen MR) is 176 cm³/mol. The molecule has 0 aliphatic carbocycles. The van der Waals surface area contributed by atoms with Crippen LogP contribution in [-0.2, 0) is 17.8 Å². The Morgan fingerprint density at radius 1 is 1.06 bits per heavy atom. The molecule has 0 bridgehead atoms. The fourth-order valence-electron chi connectivity index (χ4n) is 5.37. The zero-order valence-electron chi connectivity index (χ0n) is 26.6. The average Bonchev–Trinajstić information content (AvgIpc) is 3.02. The number of benzene rings is 1. The number of halogens is 6. The van der Waals surface area contributed by atoms with Gasteiger partial charge in [-0.3, -0.25) is 14.4 Å². The Labute approximate surface area is 281 Å². The number of fused-ring (bicyclic) bond motifs is 1. The van der Waals surface area contributed by atoms with Gasteiger partial charge in [-0.15, -0.1) is 0 Å². The highest BCUT2D eigenvalue weighted by atomic mass is 35.5. The van der Waals surface area contributed by atoms with Crippen LogP contribution in [0.5, 0.6) is 5.75 Å². The summed E-state index contributed by atoms with van der Waals surface area (Å²) < 4.78 is 67.9. The van der Waals surface area contributed by atoms with Crippen LogP contribution < -0.4 is 20.5 Å². The molecule has 20 heteroatoms. The summed E-state index contributed by atoms with van der Waals surface area (Å²) in [7, 11) is -6.62. The molecule has 3 aromatic heterocycles. The van der Waals surface area contributed by atoms with Gasteiger partial charge in [-0.1, -0.05) is 38.0 Å². The van der Waals surface area contributed by atoms with Crippen LogP contribution in [0.1, 0.15) is 28.8 Å². The number of rotatable bonds is 8. The molecule has 4 aromatic rings. The molecule has 1 aromatic carbocycles. The van der Waals surface area contributed by atoms with Crippen molar-refractivity contribution in [1.82, 2.24) is 29.4 Å². The number of carbonyl (C=O) groups excluding carboxylic acids is 2. The first-order valence-corrected chi connectivity index (χ1v) is 17.0. The molecule has 1 fully saturated rings. The first-order chi connectivity index (χ1) is 22.7. The lowest BCUT2D eigenvalue weighted by atomic mass is 10.1. The van der Waals surface area contributed by atoms with Gasteiger partial charge in [-0.25, -0.2) is 19.9 Å². The minimum absolute atomic E-state index is 0.0506. The van der Waals surface area contributed by atoms with E-state index in [-0.39, 0.29) is 84.4 Å². The Hall–Kier alpha value is -4.78. The number of amides is 2. The van der Waals surface area contributed by atoms with Crippen LogP contribution >= 0.6 is 21.8 Å². The minimum Gasteiger partial charge on any atom is -0.504 e. The smallest absolute Gasteiger partial charge is 0.310 e. The van der Waals surface area contributed by atoms with Crippen molar-refractivity contribution in [3.63, 3.8) is 0 Å². The average molecular weight is 732 g/mol. The molecular formula is C29H31ClF5N9O4S. The highest BCUT2D eigenvalue weighted by Crippen LogP contribution is 3.02. The van der Waals surface area contributed by atoms with Crippen LogP contribution in [0.4, 0.5) is 36.6 Å². The predicted octanol–water partition coefficient (Wildman–Crippen LogP) is 5.14. The summed E-state index contributed by atoms with van der Waals surface area (Å²) in [6.07, 6.45) is 2.80. The van der Waals surface area contributed by atoms with E-state index in [1.54, 1.807) is 30.8 Å². The van der Waals surface area contributed by atoms with Crippen LogP contribution in [0.3, 0.4) is 0 Å². The Morgan fingerprint density at radius 3 is 2.33 bits per heavy atom. The highest BCUT2D eigenvalue weighted by Gasteiger charge is 2.65. The molecule has 49 heavy (non-hydrogen) atoms. The van der Waals surface area contributed by atoms with Gasteiger partial charge in [0.05, 0.1) is 22.6 Å². The number of nitrogens with zero attached hydrogens (tertiary/aromatic N) is 8. The number of carbonyl (C=O) groups is 2. The van der Waals surface area contributed by atoms with Crippen molar-refractivity contribution < 1.29 is 34.1 Å². The molecule has 2 N–H and O–H groups in total. The lowest BCUT2D eigenvalue weighted by Gasteiger charge is -2.40. The summed E-state index contributed by atoms with van der Waals surface area (Å²) in [5.41, 5.74) is -0.145. The molecule has 2 amide bonds. The number of hydrogen-bond acceptors (Lipinski definition) is 10. The van der Waals surface area contributed by atoms with E-state index in [9.17, 15) is 38.9 Å². The van der Waals surface area contributed by atoms with Gasteiger partial charge in [0, 0.05) is 46.0 Å². The van der Waals surface area contributed by atoms with Gasteiger partial charge in [0.15, 0.2) is 22.6 Å². The molecule has 0 spiro atoms. The standard InChI is InChI=1S/C29H31ClF5N9O4S/c1-5-20-25(42-8-10-43(11-9-42)29(48)24-26(46)16(2)37-15-38-24)27(47)23-28(36-13-21(40-23)41(3)4)44(20)14-22(45)39-19-7-6-17(12-18(19)30)49(31,32,33,34)35/h6-7,12-13,15,46H,5,8-11,14H2,1-4H3,(H,39,45). The first-order valence-electron chi connectivity index (χ1n) is 14.7. The van der Waals surface area contributed by atoms with Gasteiger partial charge in [0.1, 0.15) is 29.3 Å². The summed E-state index contributed by atoms with van der Waals surface area (Å²) in [6, 6.07) is 0.823. The largest absolute Gasteiger partial charge is 0.504 e. The van der Waals surface area contributed by atoms with Crippen LogP contribution in [0.25, 0.3) is 11.2 Å². The van der Waals surface area contributed by atoms with Gasteiger partial charge < -0.3 is 29.7 Å². The third kappa shape index (κ3) is 7.17. The van der Waals surface area contributed by atoms with Gasteiger partial charge in [-0.2, -0.15) is 0 Å². The maximum absolute atomic E-state index is 14.1. The van der Waals surface area contributed by atoms with E-state index in [1.807, 2.05) is 0 Å². The van der Waals surface area contributed by atoms with Crippen molar-refractivity contribution in [3.8, 4) is 5.75 Å². The zero-order valence-corrected chi connectivity index (χ0v) is 28.1. The summed E-state index contributed by atoms with van der Waals surface area (Å²) in [4.78, 5) is 59.9. The van der Waals surface area contributed by atoms with E-state index < -0.39 is 43.9 Å². The summed E-state index contributed by atoms with van der Waals surface area (Å²) >= 11 is 5.88. The zero-order chi connectivity index (χ0) is 36.1. The summed E-state index contributed by atoms with van der Waals surface area (Å²) in [5, 5.41) is 11.9. The Bertz CT molecular complexity index is 2060. The molecule has 1 aliphatic heterocycles. The lowest BCUT2D eigenvalue weighted by Crippen LogP contribution is -2.50. The number of piperazine rings is 1. The fraction of sp³-hybridized carbons (Fsp3) is 0.345. The number of aryl methyl sites for hydroxylation is 1. The van der Waals surface area contributed by atoms with Crippen LogP contribution in [0.2, 0.25) is 5.02 Å². The second-order valence-corrected chi connectivity index (χ2v) is 14.3. The number of aromatic hydroxyl groups is 1. The van der Waals surface area contributed by atoms with Crippen molar-refractivity contribution in [3.05, 3.63) is 63.1 Å². The second kappa shape index (κ2) is 12.0. The third-order valence-electron chi connectivity index (χ3n) is 7.87. The van der Waals surface area contributed by atoms with Crippen molar-refractivity contribution in [2.24, 2.45) is 0 Å². The molecule has 4 heterocycles. The summed E-state index contributed by atoms with van der Waals surface area (Å²) in [5.74, 6) is -1.30. The first kappa shape index (κ1) is 35.5. The van der Waals surface area contributed by atoms with Crippen molar-refractivity contribution >= 4 is 62.0 Å². The molecule has 0 unspecified atom stereocenters. The van der Waals surface area contributed by atoms with E-state index >= 15 is 0 Å². The number of hydrogen-bond donors (Lipinski definition) is 2. The fourth-order valence-corrected chi connectivity index (χ4v) is 6.33. The van der Waals surface area contributed by atoms with Crippen LogP contribution in [-0.4, -0.2) is 86.6 Å². The van der Waals surface area contributed by atoms with Gasteiger partial charge in [0.25, 0.3) is 5.91 Å². The molecule has 0 atom stereocenters. The molecule has 0 radical (unpaired) electrons. The van der Waals surface area contributed by atoms with E-state index in [0.29, 0.717) is 17.6 Å². The molecule has 5 rings (SSSR count). The lowest BCUT2D eigenvalue weighted by molar-refractivity contribution is -0.116. The van der Waals surface area contributed by atoms with Crippen molar-refractivity contribution in [2.45, 2.75) is 31.7 Å². The van der Waals surface area contributed by atoms with Crippen LogP contribution in [0, 0.1) is 6.92 Å². The number of nitrogens with one attached hydrogen (secondary N) is 1. The maximum atomic E-state index is 14.1. The Morgan fingerprint density at radius 2 is 1.73 bits per heavy atom. The number of anilines is 3.